The lowest BCUT2D eigenvalue weighted by Gasteiger charge is -2.20. The van der Waals surface area contributed by atoms with Gasteiger partial charge in [-0.1, -0.05) is 18.2 Å². The van der Waals surface area contributed by atoms with E-state index in [4.69, 9.17) is 14.6 Å². The summed E-state index contributed by atoms with van der Waals surface area (Å²) in [6, 6.07) is 14.0. The first-order valence-corrected chi connectivity index (χ1v) is 11.3. The van der Waals surface area contributed by atoms with Gasteiger partial charge in [0.15, 0.2) is 5.43 Å². The van der Waals surface area contributed by atoms with E-state index in [1.54, 1.807) is 25.2 Å². The van der Waals surface area contributed by atoms with Crippen LogP contribution in [-0.4, -0.2) is 26.3 Å². The quantitative estimate of drug-likeness (QED) is 0.221. The fourth-order valence-electron chi connectivity index (χ4n) is 4.18. The van der Waals surface area contributed by atoms with Crippen LogP contribution >= 0.6 is 0 Å². The molecule has 1 atom stereocenters. The lowest BCUT2D eigenvalue weighted by Crippen LogP contribution is -2.13. The second kappa shape index (κ2) is 10.0. The molecule has 3 N–H and O–H groups in total. The number of benzene rings is 3. The van der Waals surface area contributed by atoms with Crippen LogP contribution in [0.3, 0.4) is 0 Å². The number of ether oxygens (including phenoxy) is 1. The normalized spacial score (nSPS) is 11.7. The molecule has 4 aromatic rings. The van der Waals surface area contributed by atoms with E-state index in [9.17, 15) is 14.0 Å². The van der Waals surface area contributed by atoms with Crippen molar-refractivity contribution in [3.63, 3.8) is 0 Å². The molecule has 4 rings (SSSR count). The van der Waals surface area contributed by atoms with E-state index in [1.165, 1.54) is 31.5 Å². The van der Waals surface area contributed by atoms with Crippen LogP contribution in [0.15, 0.2) is 63.8 Å². The number of esters is 1. The first kappa shape index (κ1) is 24.7. The van der Waals surface area contributed by atoms with Crippen molar-refractivity contribution in [2.24, 2.45) is 0 Å². The van der Waals surface area contributed by atoms with Crippen molar-refractivity contribution in [1.82, 2.24) is 0 Å². The highest BCUT2D eigenvalue weighted by Crippen LogP contribution is 2.32. The molecule has 1 aromatic heterocycles. The predicted molar refractivity (Wildman–Crippen MR) is 140 cm³/mol. The van der Waals surface area contributed by atoms with Gasteiger partial charge < -0.3 is 25.2 Å². The number of aryl methyl sites for hydroxylation is 1. The fourth-order valence-corrected chi connectivity index (χ4v) is 4.18. The number of hydrogen-bond donors (Lipinski definition) is 3. The molecule has 8 heteroatoms. The molecule has 0 aliphatic carbocycles. The number of hydrogen-bond acceptors (Lipinski definition) is 7. The molecular weight excluding hydrogens is 461 g/mol. The number of carbonyl (C=O) groups excluding carboxylic acids is 1. The minimum Gasteiger partial charge on any atom is -0.465 e. The number of halogens is 1. The molecule has 0 saturated carbocycles. The largest absolute Gasteiger partial charge is 0.465 e. The molecule has 0 radical (unpaired) electrons. The average Bonchev–Trinajstić information content (AvgIpc) is 2.88. The van der Waals surface area contributed by atoms with Gasteiger partial charge in [0.25, 0.3) is 0 Å². The van der Waals surface area contributed by atoms with Crippen molar-refractivity contribution in [3.05, 3.63) is 92.9 Å². The predicted octanol–water partition coefficient (Wildman–Crippen LogP) is 5.91. The summed E-state index contributed by atoms with van der Waals surface area (Å²) in [7, 11) is 2.99. The van der Waals surface area contributed by atoms with E-state index in [-0.39, 0.29) is 11.0 Å². The molecule has 0 aliphatic rings. The molecule has 36 heavy (non-hydrogen) atoms. The average molecular weight is 488 g/mol. The van der Waals surface area contributed by atoms with Crippen LogP contribution in [0.5, 0.6) is 0 Å². The Morgan fingerprint density at radius 2 is 1.89 bits per heavy atom. The molecule has 0 bridgehead atoms. The van der Waals surface area contributed by atoms with Gasteiger partial charge in [0, 0.05) is 47.4 Å². The van der Waals surface area contributed by atoms with Crippen LogP contribution < -0.4 is 16.1 Å². The molecule has 0 fully saturated rings. The molecule has 1 heterocycles. The molecule has 7 nitrogen and oxygen atoms in total. The second-order valence-corrected chi connectivity index (χ2v) is 8.45. The highest BCUT2D eigenvalue weighted by Gasteiger charge is 2.20. The van der Waals surface area contributed by atoms with E-state index in [2.05, 4.69) is 10.6 Å². The summed E-state index contributed by atoms with van der Waals surface area (Å²) in [6.07, 6.45) is 1.25. The Morgan fingerprint density at radius 3 is 2.58 bits per heavy atom. The third kappa shape index (κ3) is 4.70. The van der Waals surface area contributed by atoms with Gasteiger partial charge in [-0.2, -0.15) is 0 Å². The zero-order valence-corrected chi connectivity index (χ0v) is 20.4. The van der Waals surface area contributed by atoms with Gasteiger partial charge >= 0.3 is 5.97 Å². The van der Waals surface area contributed by atoms with Gasteiger partial charge in [0.1, 0.15) is 17.2 Å². The third-order valence-electron chi connectivity index (χ3n) is 5.99. The summed E-state index contributed by atoms with van der Waals surface area (Å²) in [5, 5.41) is 14.3. The van der Waals surface area contributed by atoms with E-state index in [0.717, 1.165) is 17.3 Å². The maximum Gasteiger partial charge on any atom is 0.340 e. The molecule has 3 aromatic carbocycles. The second-order valence-electron chi connectivity index (χ2n) is 8.45. The third-order valence-corrected chi connectivity index (χ3v) is 5.99. The summed E-state index contributed by atoms with van der Waals surface area (Å²) in [5.41, 5.74) is 4.37. The van der Waals surface area contributed by atoms with Crippen LogP contribution in [0.2, 0.25) is 0 Å². The standard InChI is InChI=1S/C28H26FN3O4/c1-15-9-20(16(2)32-23-8-7-19(29)12-21(23)28(34)35-4)27-22(10-15)25(33)13-26(36-27)17-5-6-18(14-30)24(11-17)31-3/h5-14,16,30-32H,1-4H3. The van der Waals surface area contributed by atoms with Crippen molar-refractivity contribution in [2.45, 2.75) is 19.9 Å². The first-order chi connectivity index (χ1) is 17.2. The minimum absolute atomic E-state index is 0.0642. The van der Waals surface area contributed by atoms with Crippen LogP contribution in [0.1, 0.15) is 40.0 Å². The highest BCUT2D eigenvalue weighted by atomic mass is 19.1. The van der Waals surface area contributed by atoms with Crippen molar-refractivity contribution in [2.75, 3.05) is 24.8 Å². The van der Waals surface area contributed by atoms with E-state index in [1.807, 2.05) is 26.0 Å². The van der Waals surface area contributed by atoms with E-state index in [0.29, 0.717) is 39.1 Å². The summed E-state index contributed by atoms with van der Waals surface area (Å²) < 4.78 is 24.9. The van der Waals surface area contributed by atoms with E-state index < -0.39 is 17.8 Å². The maximum absolute atomic E-state index is 13.8. The van der Waals surface area contributed by atoms with Gasteiger partial charge in [0.05, 0.1) is 24.1 Å². The minimum atomic E-state index is -0.666. The van der Waals surface area contributed by atoms with Crippen molar-refractivity contribution in [3.8, 4) is 11.3 Å². The summed E-state index contributed by atoms with van der Waals surface area (Å²) in [6.45, 7) is 3.75. The summed E-state index contributed by atoms with van der Waals surface area (Å²) in [4.78, 5) is 25.3. The smallest absolute Gasteiger partial charge is 0.340 e. The number of carbonyl (C=O) groups is 1. The van der Waals surface area contributed by atoms with Crippen LogP contribution in [0, 0.1) is 18.2 Å². The Kier molecular flexibility index (Phi) is 6.87. The van der Waals surface area contributed by atoms with Crippen LogP contribution in [0.25, 0.3) is 22.3 Å². The fraction of sp³-hybridized carbons (Fsp3) is 0.179. The first-order valence-electron chi connectivity index (χ1n) is 11.3. The van der Waals surface area contributed by atoms with Crippen molar-refractivity contribution < 1.29 is 18.3 Å². The molecule has 184 valence electrons. The van der Waals surface area contributed by atoms with E-state index >= 15 is 0 Å². The van der Waals surface area contributed by atoms with Crippen molar-refractivity contribution in [1.29, 1.82) is 5.41 Å². The zero-order valence-electron chi connectivity index (χ0n) is 20.4. The topological polar surface area (TPSA) is 104 Å². The number of methoxy groups -OCH3 is 1. The highest BCUT2D eigenvalue weighted by molar-refractivity contribution is 5.96. The lowest BCUT2D eigenvalue weighted by atomic mass is 10.00. The van der Waals surface area contributed by atoms with Gasteiger partial charge in [-0.15, -0.1) is 0 Å². The molecule has 0 amide bonds. The zero-order chi connectivity index (χ0) is 26.0. The SMILES string of the molecule is CNc1cc(-c2cc(=O)c3cc(C)cc(C(C)Nc4ccc(F)cc4C(=O)OC)c3o2)ccc1C=N. The van der Waals surface area contributed by atoms with Gasteiger partial charge in [-0.3, -0.25) is 4.79 Å². The maximum atomic E-state index is 13.8. The number of anilines is 2. The molecule has 0 spiro atoms. The Morgan fingerprint density at radius 1 is 1.11 bits per heavy atom. The van der Waals surface area contributed by atoms with Gasteiger partial charge in [-0.05, 0) is 49.7 Å². The molecule has 1 unspecified atom stereocenters. The number of nitrogens with one attached hydrogen (secondary N) is 3. The van der Waals surface area contributed by atoms with Crippen LogP contribution in [0.4, 0.5) is 15.8 Å². The summed E-state index contributed by atoms with van der Waals surface area (Å²) >= 11 is 0. The number of rotatable bonds is 7. The Hall–Kier alpha value is -4.46. The van der Waals surface area contributed by atoms with Crippen LogP contribution in [-0.2, 0) is 4.74 Å². The Bertz CT molecular complexity index is 1540. The van der Waals surface area contributed by atoms with Crippen molar-refractivity contribution >= 4 is 34.5 Å². The molecular formula is C28H26FN3O4. The van der Waals surface area contributed by atoms with Gasteiger partial charge in [0.2, 0.25) is 0 Å². The lowest BCUT2D eigenvalue weighted by molar-refractivity contribution is 0.0601. The van der Waals surface area contributed by atoms with Gasteiger partial charge in [-0.25, -0.2) is 9.18 Å². The summed E-state index contributed by atoms with van der Waals surface area (Å²) in [5.74, 6) is -0.837. The monoisotopic (exact) mass is 487 g/mol. The Labute approximate surface area is 207 Å². The number of fused-ring (bicyclic) bond motifs is 1. The Balaban J connectivity index is 1.84. The molecule has 0 aliphatic heterocycles. The molecule has 0 saturated heterocycles.